The van der Waals surface area contributed by atoms with Crippen LogP contribution < -0.4 is 10.1 Å². The summed E-state index contributed by atoms with van der Waals surface area (Å²) in [5, 5.41) is 28.5. The zero-order valence-electron chi connectivity index (χ0n) is 24.6. The van der Waals surface area contributed by atoms with Crippen LogP contribution in [0.3, 0.4) is 0 Å². The molecule has 44 heavy (non-hydrogen) atoms. The van der Waals surface area contributed by atoms with E-state index in [0.717, 1.165) is 48.6 Å². The average molecular weight is 614 g/mol. The van der Waals surface area contributed by atoms with Crippen molar-refractivity contribution in [2.24, 2.45) is 0 Å². The summed E-state index contributed by atoms with van der Waals surface area (Å²) >= 11 is 0. The lowest BCUT2D eigenvalue weighted by Crippen LogP contribution is -2.32. The SMILES string of the molecule is O=C(O)/C=C\C(=O)O.O=C(O)CC(CN1CCC(F)(CCc2ccc3c(n2)NCCC3)C1)c1cccc(OC2CCOC2)c1. The molecule has 2 aromatic rings. The van der Waals surface area contributed by atoms with Gasteiger partial charge in [0, 0.05) is 56.4 Å². The van der Waals surface area contributed by atoms with Gasteiger partial charge in [0.15, 0.2) is 0 Å². The van der Waals surface area contributed by atoms with E-state index in [1.807, 2.05) is 30.3 Å². The zero-order chi connectivity index (χ0) is 31.5. The van der Waals surface area contributed by atoms with Gasteiger partial charge in [-0.1, -0.05) is 18.2 Å². The topological polar surface area (TPSA) is 159 Å². The lowest BCUT2D eigenvalue weighted by Gasteiger charge is -2.25. The third kappa shape index (κ3) is 10.3. The molecule has 1 aromatic carbocycles. The molecule has 5 rings (SSSR count). The Labute approximate surface area is 255 Å². The highest BCUT2D eigenvalue weighted by molar-refractivity contribution is 5.89. The number of nitrogens with one attached hydrogen (secondary N) is 1. The summed E-state index contributed by atoms with van der Waals surface area (Å²) in [6.45, 7) is 3.67. The highest BCUT2D eigenvalue weighted by Gasteiger charge is 2.39. The average Bonchev–Trinajstić information content (AvgIpc) is 3.64. The molecule has 11 nitrogen and oxygen atoms in total. The number of carboxylic acids is 3. The van der Waals surface area contributed by atoms with Gasteiger partial charge in [-0.05, 0) is 61.4 Å². The standard InChI is InChI=1S/C28H36FN3O4.C4H4O4/c29-28(10-8-23-7-6-20-4-2-12-30-27(20)31-23)11-13-32(19-28)17-22(16-26(33)34)21-3-1-5-24(15-21)36-25-9-14-35-18-25;5-3(6)1-2-4(7)8/h1,3,5-7,15,22,25H,2,4,8-14,16-19H2,(H,30,31)(H,33,34);1-2H,(H,5,6)(H,7,8)/b;2-1-. The molecule has 3 unspecified atom stereocenters. The highest BCUT2D eigenvalue weighted by Crippen LogP contribution is 2.34. The van der Waals surface area contributed by atoms with E-state index in [4.69, 9.17) is 24.7 Å². The Hall–Kier alpha value is -4.03. The Bertz CT molecular complexity index is 1320. The maximum Gasteiger partial charge on any atom is 0.328 e. The number of carbonyl (C=O) groups is 3. The van der Waals surface area contributed by atoms with Crippen LogP contribution in [0.5, 0.6) is 5.75 Å². The third-order valence-electron chi connectivity index (χ3n) is 7.95. The first-order valence-corrected chi connectivity index (χ1v) is 14.9. The summed E-state index contributed by atoms with van der Waals surface area (Å²) in [4.78, 5) is 37.6. The molecule has 0 amide bonds. The normalized spacial score (nSPS) is 22.0. The summed E-state index contributed by atoms with van der Waals surface area (Å²) < 4.78 is 27.2. The van der Waals surface area contributed by atoms with Gasteiger partial charge in [-0.15, -0.1) is 0 Å². The maximum atomic E-state index is 15.8. The second-order valence-corrected chi connectivity index (χ2v) is 11.5. The molecule has 3 aliphatic heterocycles. The van der Waals surface area contributed by atoms with Crippen LogP contribution in [0.15, 0.2) is 48.6 Å². The fourth-order valence-corrected chi connectivity index (χ4v) is 5.73. The number of hydrogen-bond donors (Lipinski definition) is 4. The van der Waals surface area contributed by atoms with Crippen molar-refractivity contribution in [2.75, 3.05) is 44.7 Å². The number of aliphatic carboxylic acids is 3. The predicted molar refractivity (Wildman–Crippen MR) is 160 cm³/mol. The number of anilines is 1. The van der Waals surface area contributed by atoms with Crippen molar-refractivity contribution >= 4 is 23.7 Å². The van der Waals surface area contributed by atoms with E-state index in [1.165, 1.54) is 5.56 Å². The summed E-state index contributed by atoms with van der Waals surface area (Å²) in [7, 11) is 0. The number of halogens is 1. The summed E-state index contributed by atoms with van der Waals surface area (Å²) in [6.07, 6.45) is 5.64. The minimum atomic E-state index is -1.29. The van der Waals surface area contributed by atoms with Crippen LogP contribution >= 0.6 is 0 Å². The number of benzene rings is 1. The number of carboxylic acid groups (broad SMARTS) is 3. The smallest absolute Gasteiger partial charge is 0.328 e. The van der Waals surface area contributed by atoms with Crippen molar-refractivity contribution in [2.45, 2.75) is 62.6 Å². The van der Waals surface area contributed by atoms with Crippen LogP contribution in [0, 0.1) is 0 Å². The molecule has 2 fully saturated rings. The van der Waals surface area contributed by atoms with Crippen molar-refractivity contribution in [3.8, 4) is 5.75 Å². The minimum Gasteiger partial charge on any atom is -0.488 e. The van der Waals surface area contributed by atoms with Gasteiger partial charge in [-0.2, -0.15) is 0 Å². The quantitative estimate of drug-likeness (QED) is 0.257. The number of likely N-dealkylation sites (tertiary alicyclic amines) is 1. The van der Waals surface area contributed by atoms with Crippen molar-refractivity contribution in [1.82, 2.24) is 9.88 Å². The number of hydrogen-bond acceptors (Lipinski definition) is 8. The van der Waals surface area contributed by atoms with E-state index in [2.05, 4.69) is 16.3 Å². The number of alkyl halides is 1. The molecule has 4 N–H and O–H groups in total. The van der Waals surface area contributed by atoms with Crippen LogP contribution in [0.1, 0.15) is 54.8 Å². The van der Waals surface area contributed by atoms with E-state index in [9.17, 15) is 19.5 Å². The van der Waals surface area contributed by atoms with Crippen LogP contribution in [-0.4, -0.2) is 94.3 Å². The van der Waals surface area contributed by atoms with Crippen molar-refractivity contribution in [3.05, 3.63) is 65.4 Å². The first-order chi connectivity index (χ1) is 21.1. The van der Waals surface area contributed by atoms with Gasteiger partial charge >= 0.3 is 17.9 Å². The predicted octanol–water partition coefficient (Wildman–Crippen LogP) is 3.92. The van der Waals surface area contributed by atoms with E-state index in [1.54, 1.807) is 0 Å². The van der Waals surface area contributed by atoms with Crippen molar-refractivity contribution < 1.29 is 43.6 Å². The van der Waals surface area contributed by atoms with E-state index >= 15 is 4.39 Å². The summed E-state index contributed by atoms with van der Waals surface area (Å²) in [5.41, 5.74) is 1.79. The van der Waals surface area contributed by atoms with Crippen LogP contribution in [-0.2, 0) is 32.0 Å². The summed E-state index contributed by atoms with van der Waals surface area (Å²) in [5.74, 6) is -1.93. The number of nitrogens with zero attached hydrogens (tertiary/aromatic N) is 2. The maximum absolute atomic E-state index is 15.8. The van der Waals surface area contributed by atoms with E-state index in [-0.39, 0.29) is 18.4 Å². The monoisotopic (exact) mass is 613 g/mol. The first-order valence-electron chi connectivity index (χ1n) is 14.9. The molecule has 0 spiro atoms. The number of rotatable bonds is 12. The lowest BCUT2D eigenvalue weighted by molar-refractivity contribution is -0.137. The molecule has 1 aromatic heterocycles. The van der Waals surface area contributed by atoms with Crippen molar-refractivity contribution in [1.29, 1.82) is 0 Å². The molecule has 3 atom stereocenters. The van der Waals surface area contributed by atoms with Gasteiger partial charge in [0.05, 0.1) is 19.6 Å². The second-order valence-electron chi connectivity index (χ2n) is 11.5. The molecule has 4 heterocycles. The van der Waals surface area contributed by atoms with Gasteiger partial charge in [0.1, 0.15) is 23.3 Å². The molecule has 0 saturated carbocycles. The number of aryl methyl sites for hydroxylation is 2. The molecule has 2 saturated heterocycles. The number of ether oxygens (including phenoxy) is 2. The van der Waals surface area contributed by atoms with Gasteiger partial charge in [-0.25, -0.2) is 19.0 Å². The molecule has 238 valence electrons. The highest BCUT2D eigenvalue weighted by atomic mass is 19.1. The molecule has 0 aliphatic carbocycles. The van der Waals surface area contributed by atoms with Crippen molar-refractivity contribution in [3.63, 3.8) is 0 Å². The second kappa shape index (κ2) is 15.6. The lowest BCUT2D eigenvalue weighted by atomic mass is 9.94. The Morgan fingerprint density at radius 2 is 1.98 bits per heavy atom. The van der Waals surface area contributed by atoms with Crippen LogP contribution in [0.25, 0.3) is 0 Å². The van der Waals surface area contributed by atoms with Gasteiger partial charge in [-0.3, -0.25) is 9.69 Å². The van der Waals surface area contributed by atoms with Gasteiger partial charge < -0.3 is 30.1 Å². The number of aromatic nitrogens is 1. The molecule has 0 radical (unpaired) electrons. The van der Waals surface area contributed by atoms with Crippen LogP contribution in [0.2, 0.25) is 0 Å². The first kappa shape index (κ1) is 32.9. The van der Waals surface area contributed by atoms with E-state index < -0.39 is 23.6 Å². The number of pyridine rings is 1. The van der Waals surface area contributed by atoms with Crippen LogP contribution in [0.4, 0.5) is 10.2 Å². The summed E-state index contributed by atoms with van der Waals surface area (Å²) in [6, 6.07) is 11.8. The van der Waals surface area contributed by atoms with E-state index in [0.29, 0.717) is 64.3 Å². The molecule has 0 bridgehead atoms. The van der Waals surface area contributed by atoms with Gasteiger partial charge in [0.25, 0.3) is 0 Å². The van der Waals surface area contributed by atoms with Gasteiger partial charge in [0.2, 0.25) is 0 Å². The zero-order valence-corrected chi connectivity index (χ0v) is 24.6. The molecular weight excluding hydrogens is 573 g/mol. The largest absolute Gasteiger partial charge is 0.488 e. The minimum absolute atomic E-state index is 0.00216. The Balaban J connectivity index is 0.000000488. The number of fused-ring (bicyclic) bond motifs is 1. The molecular formula is C32H40FN3O8. The molecule has 12 heteroatoms. The Morgan fingerprint density at radius 3 is 2.68 bits per heavy atom. The fourth-order valence-electron chi connectivity index (χ4n) is 5.73. The Kier molecular flexibility index (Phi) is 11.7. The molecule has 3 aliphatic rings. The Morgan fingerprint density at radius 1 is 1.18 bits per heavy atom. The third-order valence-corrected chi connectivity index (χ3v) is 7.95. The fraction of sp³-hybridized carbons (Fsp3) is 0.500.